The number of nitrogens with two attached hydrogens (primary N) is 1. The molecule has 2 N–H and O–H groups in total. The Bertz CT molecular complexity index is 975. The van der Waals surface area contributed by atoms with Gasteiger partial charge in [0.1, 0.15) is 0 Å². The molecule has 2 saturated carbocycles. The van der Waals surface area contributed by atoms with Crippen molar-refractivity contribution >= 4 is 62.2 Å². The van der Waals surface area contributed by atoms with Crippen LogP contribution in [0.1, 0.15) is 72.8 Å². The summed E-state index contributed by atoms with van der Waals surface area (Å²) in [4.78, 5) is 36.1. The fourth-order valence-corrected chi connectivity index (χ4v) is 5.64. The van der Waals surface area contributed by atoms with Crippen LogP contribution < -0.4 is 5.73 Å². The highest BCUT2D eigenvalue weighted by Crippen LogP contribution is 2.43. The summed E-state index contributed by atoms with van der Waals surface area (Å²) in [6.07, 6.45) is -5.60. The lowest BCUT2D eigenvalue weighted by molar-refractivity contribution is -0.183. The van der Waals surface area contributed by atoms with Gasteiger partial charge in [-0.25, -0.2) is 14.6 Å². The molecular formula is C24H31BrF6N2O5S2. The van der Waals surface area contributed by atoms with Gasteiger partial charge in [0.05, 0.1) is 41.4 Å². The molecule has 0 amide bonds. The minimum atomic E-state index is -4.09. The van der Waals surface area contributed by atoms with E-state index in [4.69, 9.17) is 18.0 Å². The first-order chi connectivity index (χ1) is 18.5. The molecule has 1 aromatic heterocycles. The van der Waals surface area contributed by atoms with Crippen molar-refractivity contribution in [3.8, 4) is 0 Å². The molecule has 7 nitrogen and oxygen atoms in total. The average Bonchev–Trinajstić information content (AvgIpc) is 3.42. The van der Waals surface area contributed by atoms with Crippen molar-refractivity contribution in [2.45, 2.75) is 69.6 Å². The normalized spacial score (nSPS) is 22.9. The molecule has 3 rings (SSSR count). The van der Waals surface area contributed by atoms with Gasteiger partial charge < -0.3 is 15.2 Å². The molecule has 16 heteroatoms. The van der Waals surface area contributed by atoms with Gasteiger partial charge >= 0.3 is 24.3 Å². The van der Waals surface area contributed by atoms with Crippen LogP contribution in [0, 0.1) is 17.8 Å². The summed E-state index contributed by atoms with van der Waals surface area (Å²) in [5, 5.41) is 2.36. The third-order valence-electron chi connectivity index (χ3n) is 6.58. The van der Waals surface area contributed by atoms with E-state index in [-0.39, 0.29) is 48.5 Å². The van der Waals surface area contributed by atoms with Crippen LogP contribution in [-0.2, 0) is 19.1 Å². The molecule has 0 saturated heterocycles. The molecule has 0 spiro atoms. The molecule has 0 bridgehead atoms. The number of hydrogen-bond acceptors (Lipinski definition) is 8. The van der Waals surface area contributed by atoms with E-state index in [1.54, 1.807) is 5.38 Å². The smallest absolute Gasteiger partial charge is 0.391 e. The monoisotopic (exact) mass is 684 g/mol. The number of esters is 2. The number of ketones is 1. The molecule has 0 atom stereocenters. The van der Waals surface area contributed by atoms with E-state index < -0.39 is 41.9 Å². The van der Waals surface area contributed by atoms with E-state index in [9.17, 15) is 40.7 Å². The van der Waals surface area contributed by atoms with Crippen molar-refractivity contribution in [2.24, 2.45) is 23.5 Å². The lowest BCUT2D eigenvalue weighted by atomic mass is 9.82. The highest BCUT2D eigenvalue weighted by molar-refractivity contribution is 9.09. The zero-order valence-electron chi connectivity index (χ0n) is 21.8. The Balaban J connectivity index is 0.000000331. The number of hydrogen-bond donors (Lipinski definition) is 1. The second-order valence-electron chi connectivity index (χ2n) is 9.19. The summed E-state index contributed by atoms with van der Waals surface area (Å²) in [6.45, 7) is 0. The van der Waals surface area contributed by atoms with Gasteiger partial charge in [-0.1, -0.05) is 28.1 Å². The molecule has 0 aromatic carbocycles. The number of alkyl halides is 7. The van der Waals surface area contributed by atoms with Gasteiger partial charge in [0.2, 0.25) is 5.78 Å². The number of methoxy groups -OCH3 is 2. The number of carbonyl (C=O) groups excluding carboxylic acids is 3. The van der Waals surface area contributed by atoms with Crippen LogP contribution >= 0.6 is 39.5 Å². The number of aromatic nitrogens is 1. The van der Waals surface area contributed by atoms with Crippen LogP contribution in [0.4, 0.5) is 26.3 Å². The molecular weight excluding hydrogens is 654 g/mol. The molecule has 2 fully saturated rings. The van der Waals surface area contributed by atoms with Crippen LogP contribution in [0.5, 0.6) is 0 Å². The van der Waals surface area contributed by atoms with Crippen molar-refractivity contribution in [3.05, 3.63) is 16.1 Å². The predicted molar refractivity (Wildman–Crippen MR) is 143 cm³/mol. The first-order valence-corrected chi connectivity index (χ1v) is 14.6. The fraction of sp³-hybridized carbons (Fsp3) is 0.708. The molecule has 228 valence electrons. The van der Waals surface area contributed by atoms with Gasteiger partial charge in [-0.3, -0.25) is 4.79 Å². The third-order valence-corrected chi connectivity index (χ3v) is 8.43. The number of thiocarbonyl (C=S) groups is 1. The molecule has 1 aromatic rings. The molecule has 2 aliphatic carbocycles. The van der Waals surface area contributed by atoms with E-state index in [0.29, 0.717) is 30.7 Å². The molecule has 0 radical (unpaired) electrons. The zero-order chi connectivity index (χ0) is 30.7. The molecule has 0 aliphatic heterocycles. The molecule has 2 aliphatic rings. The Morgan fingerprint density at radius 2 is 1.43 bits per heavy atom. The Labute approximate surface area is 245 Å². The highest BCUT2D eigenvalue weighted by atomic mass is 79.9. The first kappa shape index (κ1) is 36.2. The summed E-state index contributed by atoms with van der Waals surface area (Å²) in [7, 11) is 2.44. The number of carbonyl (C=O) groups is 3. The maximum atomic E-state index is 12.6. The summed E-state index contributed by atoms with van der Waals surface area (Å²) in [6, 6.07) is 0. The van der Waals surface area contributed by atoms with Gasteiger partial charge in [0.15, 0.2) is 5.69 Å². The van der Waals surface area contributed by atoms with Gasteiger partial charge in [-0.15, -0.1) is 11.3 Å². The molecule has 1 heterocycles. The van der Waals surface area contributed by atoms with Crippen molar-refractivity contribution < 1.29 is 50.2 Å². The van der Waals surface area contributed by atoms with Gasteiger partial charge in [-0.2, -0.15) is 26.3 Å². The number of halogens is 7. The fourth-order valence-electron chi connectivity index (χ4n) is 4.21. The van der Waals surface area contributed by atoms with Crippen LogP contribution in [0.15, 0.2) is 5.38 Å². The SMILES string of the molecule is COC(=O)C(=O)CBr.COC(=O)c1csc(C2CCC(C(F)(F)F)CC2)n1.NC(=S)C1CCC(C(F)(F)F)CC1. The number of rotatable bonds is 5. The van der Waals surface area contributed by atoms with Crippen molar-refractivity contribution in [1.29, 1.82) is 0 Å². The van der Waals surface area contributed by atoms with Gasteiger partial charge in [0, 0.05) is 17.2 Å². The third kappa shape index (κ3) is 12.0. The standard InChI is InChI=1S/C12H14F3NO2S.C8H12F3NS.C4H5BrO3/c1-18-11(17)9-6-19-10(16-9)7-2-4-8(5-3-7)12(13,14)15;9-8(10,11)6-3-1-5(2-4-6)7(12)13;1-8-4(7)3(6)2-5/h6-8H,2-5H2,1H3;5-6H,1-4H2,(H2,12,13);2H2,1H3. The zero-order valence-corrected chi connectivity index (χ0v) is 25.0. The Hall–Kier alpha value is -1.81. The predicted octanol–water partition coefficient (Wildman–Crippen LogP) is 6.53. The van der Waals surface area contributed by atoms with Gasteiger partial charge in [-0.05, 0) is 51.4 Å². The largest absolute Gasteiger partial charge is 0.464 e. The minimum Gasteiger partial charge on any atom is -0.464 e. The van der Waals surface area contributed by atoms with Crippen LogP contribution in [-0.4, -0.2) is 59.6 Å². The summed E-state index contributed by atoms with van der Waals surface area (Å²) in [5.41, 5.74) is 5.61. The second-order valence-corrected chi connectivity index (χ2v) is 11.1. The van der Waals surface area contributed by atoms with Gasteiger partial charge in [0.25, 0.3) is 0 Å². The average molecular weight is 686 g/mol. The number of nitrogens with zero attached hydrogens (tertiary/aromatic N) is 1. The van der Waals surface area contributed by atoms with E-state index in [2.05, 4.69) is 30.4 Å². The maximum Gasteiger partial charge on any atom is 0.391 e. The van der Waals surface area contributed by atoms with Crippen molar-refractivity contribution in [1.82, 2.24) is 4.98 Å². The van der Waals surface area contributed by atoms with Crippen LogP contribution in [0.2, 0.25) is 0 Å². The summed E-state index contributed by atoms with van der Waals surface area (Å²) in [5.74, 6) is -4.15. The number of ether oxygens (including phenoxy) is 2. The Kier molecular flexibility index (Phi) is 15.0. The quantitative estimate of drug-likeness (QED) is 0.123. The summed E-state index contributed by atoms with van der Waals surface area (Å²) < 4.78 is 82.9. The topological polar surface area (TPSA) is 109 Å². The first-order valence-electron chi connectivity index (χ1n) is 12.2. The van der Waals surface area contributed by atoms with Crippen LogP contribution in [0.3, 0.4) is 0 Å². The highest BCUT2D eigenvalue weighted by Gasteiger charge is 2.42. The Morgan fingerprint density at radius 3 is 1.77 bits per heavy atom. The minimum absolute atomic E-state index is 0.0219. The van der Waals surface area contributed by atoms with Crippen LogP contribution in [0.25, 0.3) is 0 Å². The lowest BCUT2D eigenvalue weighted by Gasteiger charge is -2.29. The molecule has 40 heavy (non-hydrogen) atoms. The van der Waals surface area contributed by atoms with Crippen molar-refractivity contribution in [2.75, 3.05) is 19.5 Å². The van der Waals surface area contributed by atoms with Crippen molar-refractivity contribution in [3.63, 3.8) is 0 Å². The number of thiazole rings is 1. The maximum absolute atomic E-state index is 12.6. The van der Waals surface area contributed by atoms with E-state index in [0.717, 1.165) is 5.01 Å². The van der Waals surface area contributed by atoms with E-state index in [1.807, 2.05) is 0 Å². The lowest BCUT2D eigenvalue weighted by Crippen LogP contribution is -2.32. The van der Waals surface area contributed by atoms with E-state index >= 15 is 0 Å². The molecule has 0 unspecified atom stereocenters. The summed E-state index contributed by atoms with van der Waals surface area (Å²) >= 11 is 8.87. The van der Waals surface area contributed by atoms with E-state index in [1.165, 1.54) is 25.6 Å². The Morgan fingerprint density at radius 1 is 0.950 bits per heavy atom. The number of Topliss-reactive ketones (excluding diaryl/α,β-unsaturated/α-hetero) is 1. The second kappa shape index (κ2) is 16.6.